The first-order valence-corrected chi connectivity index (χ1v) is 8.88. The highest BCUT2D eigenvalue weighted by Crippen LogP contribution is 2.36. The molecule has 1 saturated heterocycles. The molecule has 0 aromatic carbocycles. The van der Waals surface area contributed by atoms with Gasteiger partial charge in [-0.15, -0.1) is 11.3 Å². The van der Waals surface area contributed by atoms with E-state index in [4.69, 9.17) is 0 Å². The fourth-order valence-electron chi connectivity index (χ4n) is 2.01. The van der Waals surface area contributed by atoms with Crippen LogP contribution >= 0.6 is 34.9 Å². The number of thioether (sulfide) groups is 2. The summed E-state index contributed by atoms with van der Waals surface area (Å²) in [4.78, 5) is 1.54. The molecule has 2 atom stereocenters. The molecule has 1 aliphatic heterocycles. The molecule has 0 aliphatic carbocycles. The van der Waals surface area contributed by atoms with Crippen molar-refractivity contribution in [3.8, 4) is 0 Å². The van der Waals surface area contributed by atoms with Gasteiger partial charge in [-0.3, -0.25) is 0 Å². The predicted octanol–water partition coefficient (Wildman–Crippen LogP) is 3.56. The molecular weight excluding hydrogens is 254 g/mol. The monoisotopic (exact) mass is 273 g/mol. The molecule has 1 nitrogen and oxygen atoms in total. The Balaban J connectivity index is 2.12. The van der Waals surface area contributed by atoms with E-state index in [2.05, 4.69) is 54.1 Å². The van der Waals surface area contributed by atoms with Crippen molar-refractivity contribution in [2.75, 3.05) is 23.8 Å². The Morgan fingerprint density at radius 2 is 2.38 bits per heavy atom. The molecule has 2 rings (SSSR count). The Morgan fingerprint density at radius 1 is 1.50 bits per heavy atom. The van der Waals surface area contributed by atoms with E-state index in [1.165, 1.54) is 22.8 Å². The summed E-state index contributed by atoms with van der Waals surface area (Å²) in [5.74, 6) is 3.92. The van der Waals surface area contributed by atoms with Gasteiger partial charge < -0.3 is 5.32 Å². The number of rotatable bonds is 4. The van der Waals surface area contributed by atoms with Crippen molar-refractivity contribution in [2.24, 2.45) is 0 Å². The van der Waals surface area contributed by atoms with Crippen LogP contribution in [0.4, 0.5) is 0 Å². The van der Waals surface area contributed by atoms with Gasteiger partial charge in [-0.05, 0) is 30.5 Å². The maximum absolute atomic E-state index is 3.67. The molecule has 4 heteroatoms. The third-order valence-corrected chi connectivity index (χ3v) is 6.79. The quantitative estimate of drug-likeness (QED) is 0.901. The summed E-state index contributed by atoms with van der Waals surface area (Å²) >= 11 is 6.15. The lowest BCUT2D eigenvalue weighted by atomic mass is 10.1. The summed E-state index contributed by atoms with van der Waals surface area (Å²) in [6, 6.07) is 2.80. The lowest BCUT2D eigenvalue weighted by Gasteiger charge is -2.30. The highest BCUT2D eigenvalue weighted by atomic mass is 32.2. The fraction of sp³-hybridized carbons (Fsp3) is 0.667. The molecule has 0 amide bonds. The van der Waals surface area contributed by atoms with Crippen molar-refractivity contribution in [3.63, 3.8) is 0 Å². The van der Waals surface area contributed by atoms with E-state index in [1.54, 1.807) is 4.88 Å². The highest BCUT2D eigenvalue weighted by Gasteiger charge is 2.26. The molecule has 0 radical (unpaired) electrons. The second-order valence-corrected chi connectivity index (χ2v) is 7.43. The number of aryl methyl sites for hydroxylation is 1. The molecule has 1 aliphatic rings. The van der Waals surface area contributed by atoms with E-state index in [9.17, 15) is 0 Å². The zero-order chi connectivity index (χ0) is 11.4. The normalized spacial score (nSPS) is 23.2. The largest absolute Gasteiger partial charge is 0.309 e. The Hall–Kier alpha value is 0.360. The van der Waals surface area contributed by atoms with Crippen LogP contribution in [0.25, 0.3) is 0 Å². The average molecular weight is 273 g/mol. The van der Waals surface area contributed by atoms with E-state index in [0.29, 0.717) is 6.04 Å². The van der Waals surface area contributed by atoms with Crippen molar-refractivity contribution in [2.45, 2.75) is 25.1 Å². The smallest absolute Gasteiger partial charge is 0.0546 e. The van der Waals surface area contributed by atoms with Gasteiger partial charge >= 0.3 is 0 Å². The number of hydrogen-bond acceptors (Lipinski definition) is 4. The molecule has 2 unspecified atom stereocenters. The maximum atomic E-state index is 3.67. The van der Waals surface area contributed by atoms with Gasteiger partial charge in [0.15, 0.2) is 0 Å². The lowest BCUT2D eigenvalue weighted by molar-refractivity contribution is 0.557. The molecule has 2 heterocycles. The van der Waals surface area contributed by atoms with E-state index in [0.717, 1.165) is 11.8 Å². The minimum Gasteiger partial charge on any atom is -0.309 e. The van der Waals surface area contributed by atoms with E-state index >= 15 is 0 Å². The molecule has 1 aromatic heterocycles. The second kappa shape index (κ2) is 6.34. The molecular formula is C12H19NS3. The van der Waals surface area contributed by atoms with Crippen LogP contribution in [0.2, 0.25) is 0 Å². The van der Waals surface area contributed by atoms with Gasteiger partial charge in [0.1, 0.15) is 0 Å². The Kier molecular flexibility index (Phi) is 5.07. The summed E-state index contributed by atoms with van der Waals surface area (Å²) in [5.41, 5.74) is 1.45. The third kappa shape index (κ3) is 2.97. The van der Waals surface area contributed by atoms with Gasteiger partial charge in [0, 0.05) is 27.4 Å². The standard InChI is InChI=1S/C12H19NS3/c1-3-13-11(10-8-14-6-7-15-10)12-9(2)4-5-16-12/h4-5,10-11,13H,3,6-8H2,1-2H3. The third-order valence-electron chi connectivity index (χ3n) is 2.82. The van der Waals surface area contributed by atoms with E-state index in [1.807, 2.05) is 11.3 Å². The van der Waals surface area contributed by atoms with Crippen molar-refractivity contribution < 1.29 is 0 Å². The molecule has 16 heavy (non-hydrogen) atoms. The summed E-state index contributed by atoms with van der Waals surface area (Å²) < 4.78 is 0. The molecule has 1 aromatic rings. The van der Waals surface area contributed by atoms with Crippen LogP contribution in [0.1, 0.15) is 23.4 Å². The molecule has 0 spiro atoms. The van der Waals surface area contributed by atoms with Crippen LogP contribution in [0.3, 0.4) is 0 Å². The topological polar surface area (TPSA) is 12.0 Å². The van der Waals surface area contributed by atoms with Crippen molar-refractivity contribution in [3.05, 3.63) is 21.9 Å². The zero-order valence-electron chi connectivity index (χ0n) is 9.86. The second-order valence-electron chi connectivity index (χ2n) is 3.99. The SMILES string of the molecule is CCNC(c1sccc1C)C1CSCCS1. The molecule has 0 bridgehead atoms. The minimum absolute atomic E-state index is 0.558. The number of thiophene rings is 1. The first-order valence-electron chi connectivity index (χ1n) is 5.79. The molecule has 1 fully saturated rings. The Labute approximate surface area is 111 Å². The maximum Gasteiger partial charge on any atom is 0.0546 e. The first-order chi connectivity index (χ1) is 7.83. The molecule has 0 saturated carbocycles. The van der Waals surface area contributed by atoms with Crippen LogP contribution in [0.15, 0.2) is 11.4 Å². The van der Waals surface area contributed by atoms with Crippen molar-refractivity contribution in [1.82, 2.24) is 5.32 Å². The Bertz CT molecular complexity index is 318. The zero-order valence-corrected chi connectivity index (χ0v) is 12.3. The van der Waals surface area contributed by atoms with Crippen LogP contribution < -0.4 is 5.32 Å². The van der Waals surface area contributed by atoms with Gasteiger partial charge in [0.2, 0.25) is 0 Å². The van der Waals surface area contributed by atoms with Gasteiger partial charge in [-0.2, -0.15) is 23.5 Å². The fourth-order valence-corrected chi connectivity index (χ4v) is 6.02. The van der Waals surface area contributed by atoms with Crippen LogP contribution in [-0.2, 0) is 0 Å². The van der Waals surface area contributed by atoms with Gasteiger partial charge in [0.25, 0.3) is 0 Å². The summed E-state index contributed by atoms with van der Waals surface area (Å²) in [7, 11) is 0. The lowest BCUT2D eigenvalue weighted by Crippen LogP contribution is -2.33. The number of nitrogens with one attached hydrogen (secondary N) is 1. The van der Waals surface area contributed by atoms with E-state index in [-0.39, 0.29) is 0 Å². The molecule has 90 valence electrons. The predicted molar refractivity (Wildman–Crippen MR) is 79.0 cm³/mol. The van der Waals surface area contributed by atoms with Crippen LogP contribution in [-0.4, -0.2) is 29.1 Å². The van der Waals surface area contributed by atoms with Gasteiger partial charge in [-0.25, -0.2) is 0 Å². The van der Waals surface area contributed by atoms with Crippen LogP contribution in [0, 0.1) is 6.92 Å². The number of hydrogen-bond donors (Lipinski definition) is 1. The summed E-state index contributed by atoms with van der Waals surface area (Å²) in [6.07, 6.45) is 0. The highest BCUT2D eigenvalue weighted by molar-refractivity contribution is 8.06. The van der Waals surface area contributed by atoms with Gasteiger partial charge in [0.05, 0.1) is 6.04 Å². The minimum atomic E-state index is 0.558. The first kappa shape index (κ1) is 12.8. The van der Waals surface area contributed by atoms with E-state index < -0.39 is 0 Å². The molecule has 1 N–H and O–H groups in total. The summed E-state index contributed by atoms with van der Waals surface area (Å²) in [5, 5.41) is 6.64. The van der Waals surface area contributed by atoms with Crippen molar-refractivity contribution >= 4 is 34.9 Å². The average Bonchev–Trinajstić information content (AvgIpc) is 2.73. The van der Waals surface area contributed by atoms with Gasteiger partial charge in [-0.1, -0.05) is 6.92 Å². The summed E-state index contributed by atoms with van der Waals surface area (Å²) in [6.45, 7) is 5.50. The Morgan fingerprint density at radius 3 is 2.94 bits per heavy atom. The van der Waals surface area contributed by atoms with Crippen LogP contribution in [0.5, 0.6) is 0 Å². The van der Waals surface area contributed by atoms with Crippen molar-refractivity contribution in [1.29, 1.82) is 0 Å².